The van der Waals surface area contributed by atoms with Crippen molar-refractivity contribution in [1.82, 2.24) is 4.98 Å². The van der Waals surface area contributed by atoms with Crippen LogP contribution in [0.5, 0.6) is 0 Å². The average molecular weight is 634 g/mol. The van der Waals surface area contributed by atoms with Crippen molar-refractivity contribution >= 4 is 22.9 Å². The SMILES string of the molecule is CCCCO[C@@H]1[C@@H](OCCCC)[C@H](c2ccc(Cl)c(Cc3ncc(-c4ccco4)s3)c2)O[C@H](C(C)(C)O)[C@H]1OCCCC. The van der Waals surface area contributed by atoms with Gasteiger partial charge in [-0.2, -0.15) is 0 Å². The second kappa shape index (κ2) is 16.5. The minimum Gasteiger partial charge on any atom is -0.463 e. The Balaban J connectivity index is 1.68. The number of rotatable bonds is 17. The molecule has 1 aliphatic heterocycles. The first kappa shape index (κ1) is 34.1. The summed E-state index contributed by atoms with van der Waals surface area (Å²) in [6, 6.07) is 9.79. The number of benzene rings is 1. The fourth-order valence-corrected chi connectivity index (χ4v) is 6.41. The maximum atomic E-state index is 11.4. The van der Waals surface area contributed by atoms with Crippen molar-refractivity contribution in [2.45, 2.75) is 116 Å². The number of thiazole rings is 1. The minimum atomic E-state index is -1.17. The molecule has 0 bridgehead atoms. The van der Waals surface area contributed by atoms with E-state index in [9.17, 15) is 5.11 Å². The van der Waals surface area contributed by atoms with Crippen LogP contribution in [0.15, 0.2) is 47.2 Å². The van der Waals surface area contributed by atoms with Gasteiger partial charge in [0.15, 0.2) is 0 Å². The Morgan fingerprint density at radius 3 is 2.19 bits per heavy atom. The van der Waals surface area contributed by atoms with Crippen LogP contribution >= 0.6 is 22.9 Å². The molecule has 1 aromatic carbocycles. The lowest BCUT2D eigenvalue weighted by Crippen LogP contribution is -2.63. The van der Waals surface area contributed by atoms with E-state index in [-0.39, 0.29) is 0 Å². The molecular weight excluding hydrogens is 586 g/mol. The van der Waals surface area contributed by atoms with Gasteiger partial charge in [0, 0.05) is 37.5 Å². The zero-order valence-electron chi connectivity index (χ0n) is 26.2. The summed E-state index contributed by atoms with van der Waals surface area (Å²) in [6.45, 7) is 11.7. The smallest absolute Gasteiger partial charge is 0.145 e. The molecular formula is C34H48ClNO6S. The van der Waals surface area contributed by atoms with Crippen LogP contribution < -0.4 is 0 Å². The first-order chi connectivity index (χ1) is 20.8. The summed E-state index contributed by atoms with van der Waals surface area (Å²) in [5.74, 6) is 0.800. The third kappa shape index (κ3) is 9.13. The Morgan fingerprint density at radius 1 is 0.930 bits per heavy atom. The lowest BCUT2D eigenvalue weighted by atomic mass is 9.84. The maximum absolute atomic E-state index is 11.4. The highest BCUT2D eigenvalue weighted by molar-refractivity contribution is 7.15. The molecule has 9 heteroatoms. The van der Waals surface area contributed by atoms with Gasteiger partial charge in [0.1, 0.15) is 36.3 Å². The van der Waals surface area contributed by atoms with Gasteiger partial charge in [-0.05, 0) is 62.4 Å². The number of unbranched alkanes of at least 4 members (excludes halogenated alkanes) is 3. The van der Waals surface area contributed by atoms with E-state index >= 15 is 0 Å². The van der Waals surface area contributed by atoms with Crippen molar-refractivity contribution in [3.05, 3.63) is 63.9 Å². The van der Waals surface area contributed by atoms with Gasteiger partial charge in [0.05, 0.1) is 21.7 Å². The lowest BCUT2D eigenvalue weighted by molar-refractivity contribution is -0.288. The minimum absolute atomic E-state index is 0.413. The number of aromatic nitrogens is 1. The lowest BCUT2D eigenvalue weighted by Gasteiger charge is -2.49. The molecule has 2 aromatic heterocycles. The molecule has 0 aliphatic carbocycles. The molecule has 5 atom stereocenters. The van der Waals surface area contributed by atoms with Crippen molar-refractivity contribution < 1.29 is 28.5 Å². The number of hydrogen-bond acceptors (Lipinski definition) is 8. The van der Waals surface area contributed by atoms with Crippen LogP contribution in [0.4, 0.5) is 0 Å². The number of furan rings is 1. The molecule has 0 amide bonds. The maximum Gasteiger partial charge on any atom is 0.145 e. The van der Waals surface area contributed by atoms with Crippen molar-refractivity contribution in [1.29, 1.82) is 0 Å². The molecule has 1 saturated heterocycles. The predicted octanol–water partition coefficient (Wildman–Crippen LogP) is 8.41. The molecule has 7 nitrogen and oxygen atoms in total. The Kier molecular flexibility index (Phi) is 13.1. The summed E-state index contributed by atoms with van der Waals surface area (Å²) in [7, 11) is 0. The van der Waals surface area contributed by atoms with Gasteiger partial charge in [-0.25, -0.2) is 4.98 Å². The van der Waals surface area contributed by atoms with Gasteiger partial charge in [-0.3, -0.25) is 0 Å². The van der Waals surface area contributed by atoms with Crippen molar-refractivity contribution in [3.63, 3.8) is 0 Å². The Labute approximate surface area is 265 Å². The van der Waals surface area contributed by atoms with Crippen molar-refractivity contribution in [2.24, 2.45) is 0 Å². The first-order valence-corrected chi connectivity index (χ1v) is 17.0. The molecule has 0 radical (unpaired) electrons. The summed E-state index contributed by atoms with van der Waals surface area (Å²) in [6.07, 6.45) is 7.46. The number of ether oxygens (including phenoxy) is 4. The van der Waals surface area contributed by atoms with Crippen LogP contribution in [0.3, 0.4) is 0 Å². The number of nitrogens with zero attached hydrogens (tertiary/aromatic N) is 1. The Bertz CT molecular complexity index is 1230. The molecule has 0 saturated carbocycles. The van der Waals surface area contributed by atoms with E-state index in [1.807, 2.05) is 30.5 Å². The molecule has 0 unspecified atom stereocenters. The topological polar surface area (TPSA) is 83.2 Å². The molecule has 238 valence electrons. The highest BCUT2D eigenvalue weighted by Crippen LogP contribution is 2.41. The van der Waals surface area contributed by atoms with Gasteiger partial charge in [-0.15, -0.1) is 11.3 Å². The first-order valence-electron chi connectivity index (χ1n) is 15.8. The largest absolute Gasteiger partial charge is 0.463 e. The van der Waals surface area contributed by atoms with Crippen molar-refractivity contribution in [3.8, 4) is 10.6 Å². The Hall–Kier alpha value is -1.78. The summed E-state index contributed by atoms with van der Waals surface area (Å²) < 4.78 is 32.0. The monoisotopic (exact) mass is 633 g/mol. The van der Waals surface area contributed by atoms with Crippen LogP contribution in [0.1, 0.15) is 95.4 Å². The van der Waals surface area contributed by atoms with Crippen LogP contribution in [-0.2, 0) is 25.4 Å². The second-order valence-electron chi connectivity index (χ2n) is 11.8. The van der Waals surface area contributed by atoms with E-state index in [0.29, 0.717) is 31.3 Å². The van der Waals surface area contributed by atoms with Crippen LogP contribution in [0.25, 0.3) is 10.6 Å². The van der Waals surface area contributed by atoms with E-state index in [1.165, 1.54) is 0 Å². The van der Waals surface area contributed by atoms with E-state index in [2.05, 4.69) is 31.8 Å². The molecule has 3 heterocycles. The molecule has 1 fully saturated rings. The van der Waals surface area contributed by atoms with Crippen LogP contribution in [0.2, 0.25) is 5.02 Å². The summed E-state index contributed by atoms with van der Waals surface area (Å²) in [4.78, 5) is 5.61. The van der Waals surface area contributed by atoms with Gasteiger partial charge < -0.3 is 28.5 Å². The standard InChI is InChI=1S/C34H48ClNO6S/c1-6-9-16-39-30-29(42-33(34(4,5)37)32(41-18-11-8-3)31(30)40-17-10-7-2)23-14-15-25(35)24(20-23)21-28-36-22-27(43-28)26-13-12-19-38-26/h12-15,19-20,22,29-33,37H,6-11,16-18,21H2,1-5H3/t29-,30-,31+,32-,33-/m0/s1. The normalized spacial score (nSPS) is 22.7. The molecule has 4 rings (SSSR count). The third-order valence-corrected chi connectivity index (χ3v) is 9.10. The van der Waals surface area contributed by atoms with E-state index in [0.717, 1.165) is 65.3 Å². The van der Waals surface area contributed by atoms with E-state index in [1.54, 1.807) is 31.4 Å². The highest BCUT2D eigenvalue weighted by atomic mass is 35.5. The molecule has 0 spiro atoms. The fourth-order valence-electron chi connectivity index (χ4n) is 5.32. The van der Waals surface area contributed by atoms with Gasteiger partial charge in [0.25, 0.3) is 0 Å². The van der Waals surface area contributed by atoms with E-state index in [4.69, 9.17) is 35.0 Å². The number of halogens is 1. The molecule has 43 heavy (non-hydrogen) atoms. The number of aliphatic hydroxyl groups is 1. The highest BCUT2D eigenvalue weighted by Gasteiger charge is 2.52. The molecule has 1 N–H and O–H groups in total. The molecule has 3 aromatic rings. The second-order valence-corrected chi connectivity index (χ2v) is 13.3. The quantitative estimate of drug-likeness (QED) is 0.149. The van der Waals surface area contributed by atoms with Crippen LogP contribution in [-0.4, -0.2) is 59.9 Å². The zero-order valence-corrected chi connectivity index (χ0v) is 27.8. The van der Waals surface area contributed by atoms with Gasteiger partial charge in [-0.1, -0.05) is 63.8 Å². The van der Waals surface area contributed by atoms with Crippen LogP contribution in [0, 0.1) is 0 Å². The third-order valence-electron chi connectivity index (χ3n) is 7.72. The van der Waals surface area contributed by atoms with Gasteiger partial charge in [0.2, 0.25) is 0 Å². The fraction of sp³-hybridized carbons (Fsp3) is 0.618. The average Bonchev–Trinajstić information content (AvgIpc) is 3.68. The number of hydrogen-bond donors (Lipinski definition) is 1. The Morgan fingerprint density at radius 2 is 1.58 bits per heavy atom. The predicted molar refractivity (Wildman–Crippen MR) is 172 cm³/mol. The summed E-state index contributed by atoms with van der Waals surface area (Å²) >= 11 is 8.33. The van der Waals surface area contributed by atoms with E-state index < -0.39 is 36.1 Å². The summed E-state index contributed by atoms with van der Waals surface area (Å²) in [5.41, 5.74) is 0.697. The van der Waals surface area contributed by atoms with Gasteiger partial charge >= 0.3 is 0 Å². The van der Waals surface area contributed by atoms with Crippen molar-refractivity contribution in [2.75, 3.05) is 19.8 Å². The zero-order chi connectivity index (χ0) is 30.8. The summed E-state index contributed by atoms with van der Waals surface area (Å²) in [5, 5.41) is 13.0. The molecule has 1 aliphatic rings.